The normalized spacial score (nSPS) is 16.4. The van der Waals surface area contributed by atoms with E-state index in [-0.39, 0.29) is 195 Å². The molecule has 0 unspecified atom stereocenters. The molecule has 135 heavy (non-hydrogen) atoms. The highest BCUT2D eigenvalue weighted by Gasteiger charge is 2.46. The van der Waals surface area contributed by atoms with Gasteiger partial charge in [-0.15, -0.1) is 0 Å². The highest BCUT2D eigenvalue weighted by Crippen LogP contribution is 2.52. The Morgan fingerprint density at radius 1 is 0.400 bits per heavy atom. The third-order valence-corrected chi connectivity index (χ3v) is 25.2. The van der Waals surface area contributed by atoms with Crippen LogP contribution >= 0.6 is 34.8 Å². The van der Waals surface area contributed by atoms with Gasteiger partial charge >= 0.3 is 35.6 Å². The molecule has 3 saturated heterocycles. The number of ether oxygens (including phenoxy) is 3. The summed E-state index contributed by atoms with van der Waals surface area (Å²) in [4.78, 5) is 130. The van der Waals surface area contributed by atoms with Crippen LogP contribution in [0.3, 0.4) is 0 Å². The zero-order valence-corrected chi connectivity index (χ0v) is 75.6. The minimum atomic E-state index is -4.98. The average Bonchev–Trinajstić information content (AvgIpc) is 1.71. The zero-order chi connectivity index (χ0) is 97.1. The predicted octanol–water partition coefficient (Wildman–Crippen LogP) is 17.0. The van der Waals surface area contributed by atoms with Gasteiger partial charge in [-0.3, -0.25) is 29.3 Å². The largest absolute Gasteiger partial charge is 0.489 e. The molecule has 702 valence electrons. The molecule has 9 aromatic heterocycles. The molecule has 15 heterocycles. The van der Waals surface area contributed by atoms with E-state index >= 15 is 13.2 Å². The van der Waals surface area contributed by atoms with Crippen molar-refractivity contribution in [3.8, 4) is 68.1 Å². The van der Waals surface area contributed by atoms with Crippen LogP contribution in [-0.4, -0.2) is 188 Å². The number of piperazine rings is 3. The van der Waals surface area contributed by atoms with E-state index in [2.05, 4.69) is 64.6 Å². The molecule has 3 amide bonds. The molecule has 42 heteroatoms. The van der Waals surface area contributed by atoms with Crippen LogP contribution in [0.4, 0.5) is 70.1 Å². The summed E-state index contributed by atoms with van der Waals surface area (Å²) in [5.41, 5.74) is -4.67. The van der Waals surface area contributed by atoms with Crippen LogP contribution in [-0.2, 0) is 32.9 Å². The second kappa shape index (κ2) is 36.3. The highest BCUT2D eigenvalue weighted by molar-refractivity contribution is 6.37. The van der Waals surface area contributed by atoms with E-state index in [1.54, 1.807) is 72.3 Å². The number of halogens is 15. The van der Waals surface area contributed by atoms with Crippen LogP contribution in [0.2, 0.25) is 15.1 Å². The lowest BCUT2D eigenvalue weighted by atomic mass is 10.0. The maximum Gasteiger partial charge on any atom is 0.419 e. The number of amides is 3. The fourth-order valence-electron chi connectivity index (χ4n) is 17.7. The average molecular weight is 1930 g/mol. The second-order valence-corrected chi connectivity index (χ2v) is 34.7. The summed E-state index contributed by atoms with van der Waals surface area (Å²) in [6.45, 7) is 29.7. The number of alkyl halides is 9. The Labute approximate surface area is 775 Å². The summed E-state index contributed by atoms with van der Waals surface area (Å²) in [7, 11) is 0. The molecule has 0 bridgehead atoms. The van der Waals surface area contributed by atoms with E-state index in [9.17, 15) is 68.3 Å². The number of nitrogens with zero attached hydrogens (tertiary/aromatic N) is 18. The van der Waals surface area contributed by atoms with Crippen molar-refractivity contribution in [1.82, 2.24) is 73.3 Å². The van der Waals surface area contributed by atoms with Gasteiger partial charge in [0.25, 0.3) is 0 Å². The number of aryl methyl sites for hydroxylation is 3. The summed E-state index contributed by atoms with van der Waals surface area (Å²) >= 11 is 20.5. The maximum absolute atomic E-state index is 15.6. The van der Waals surface area contributed by atoms with Gasteiger partial charge in [-0.2, -0.15) is 54.5 Å². The van der Waals surface area contributed by atoms with Crippen LogP contribution in [0.1, 0.15) is 110 Å². The molecule has 6 aliphatic heterocycles. The third kappa shape index (κ3) is 16.9. The van der Waals surface area contributed by atoms with Crippen molar-refractivity contribution >= 4 is 103 Å². The Kier molecular flexibility index (Phi) is 25.5. The first kappa shape index (κ1) is 94.6. The van der Waals surface area contributed by atoms with Gasteiger partial charge in [0, 0.05) is 94.2 Å². The summed E-state index contributed by atoms with van der Waals surface area (Å²) < 4.78 is 193. The topological polar surface area (TPSA) is 280 Å². The first-order valence-corrected chi connectivity index (χ1v) is 43.5. The number of carbonyl (C=O) groups is 3. The van der Waals surface area contributed by atoms with Crippen LogP contribution in [0.5, 0.6) is 17.2 Å². The molecule has 0 saturated carbocycles. The van der Waals surface area contributed by atoms with Crippen molar-refractivity contribution in [2.24, 2.45) is 0 Å². The molecule has 27 nitrogen and oxygen atoms in total. The van der Waals surface area contributed by atoms with Crippen LogP contribution in [0.15, 0.2) is 144 Å². The SMILES string of the molecule is C=CC(=O)N1CCN2c3nc(=O)n(-c4c(C)ccnc4C(C)C)c4nc(-c5cccc(C(F)(F)F)c5F)c(Cl)c(c34)OC[C@@H]2C1.C=CC(=O)N1CCN2c3nc(=O)n(-c4c(C)ccnc4C(C)C)c4nc(-c5cccc(C(F)(F)F)c5F)c(Cl)c(c34)OC[C@@H]2C1.C=CC(=O)N1CCN2c3nc(=O)n(-c4c(C)ccnc4C(C)C)c4nc(-c5cccc(C(F)(F)F)c5F)c(Cl)c(c34)OC[C@@H]2C1. The van der Waals surface area contributed by atoms with Gasteiger partial charge in [0.1, 0.15) is 86.0 Å². The van der Waals surface area contributed by atoms with Gasteiger partial charge in [-0.25, -0.2) is 56.2 Å². The number of pyridine rings is 6. The molecule has 3 aromatic carbocycles. The lowest BCUT2D eigenvalue weighted by molar-refractivity contribution is -0.140. The maximum atomic E-state index is 15.6. The fraction of sp³-hybridized carbons (Fsp3) is 0.323. The number of rotatable bonds is 12. The lowest BCUT2D eigenvalue weighted by Gasteiger charge is -2.40. The standard InChI is InChI=1S/3C31H27ClF4N6O3/c3*1-5-20(43)40-11-12-41-17(13-40)14-45-27-21-28(41)39-30(44)42(26-16(4)9-10-37-24(26)15(2)3)29(21)38-25(22(27)32)18-7-6-8-19(23(18)33)31(34,35)36/h3*5-10,15,17H,1,11-14H2,2-4H3/t3*17-/m000/s1. The van der Waals surface area contributed by atoms with Crippen molar-refractivity contribution in [1.29, 1.82) is 0 Å². The van der Waals surface area contributed by atoms with Gasteiger partial charge in [-0.05, 0) is 128 Å². The van der Waals surface area contributed by atoms with Crippen LogP contribution < -0.4 is 46.0 Å². The van der Waals surface area contributed by atoms with Crippen molar-refractivity contribution in [3.63, 3.8) is 0 Å². The number of carbonyl (C=O) groups excluding carboxylic acids is 3. The number of benzene rings is 3. The van der Waals surface area contributed by atoms with Crippen LogP contribution in [0, 0.1) is 38.2 Å². The van der Waals surface area contributed by atoms with Crippen molar-refractivity contribution < 1.29 is 81.3 Å². The third-order valence-electron chi connectivity index (χ3n) is 24.1. The minimum Gasteiger partial charge on any atom is -0.489 e. The molecule has 18 rings (SSSR count). The zero-order valence-electron chi connectivity index (χ0n) is 73.4. The minimum absolute atomic E-state index is 0.0200. The first-order valence-electron chi connectivity index (χ1n) is 42.4. The van der Waals surface area contributed by atoms with Crippen LogP contribution in [0.25, 0.3) is 83.9 Å². The van der Waals surface area contributed by atoms with E-state index in [1.807, 2.05) is 56.2 Å². The molecule has 3 fully saturated rings. The number of anilines is 3. The molecule has 6 aliphatic rings. The number of hydrogen-bond acceptors (Lipinski definition) is 21. The summed E-state index contributed by atoms with van der Waals surface area (Å²) in [6, 6.07) is 12.1. The highest BCUT2D eigenvalue weighted by atomic mass is 35.5. The van der Waals surface area contributed by atoms with Gasteiger partial charge < -0.3 is 43.6 Å². The molecule has 0 radical (unpaired) electrons. The van der Waals surface area contributed by atoms with E-state index < -0.39 is 105 Å². The summed E-state index contributed by atoms with van der Waals surface area (Å²) in [6.07, 6.45) is -6.52. The Bertz CT molecular complexity index is 6490. The second-order valence-electron chi connectivity index (χ2n) is 33.6. The molecule has 0 N–H and O–H groups in total. The molecular weight excluding hydrogens is 1850 g/mol. The summed E-state index contributed by atoms with van der Waals surface area (Å²) in [5.74, 6) is -5.50. The van der Waals surface area contributed by atoms with E-state index in [4.69, 9.17) is 49.0 Å². The number of fused-ring (bicyclic) bond motifs is 6. The number of aromatic nitrogens is 12. The van der Waals surface area contributed by atoms with Gasteiger partial charge in [0.05, 0.1) is 86.0 Å². The fourth-order valence-corrected chi connectivity index (χ4v) is 18.6. The Balaban J connectivity index is 0.000000147. The molecule has 12 aromatic rings. The molecule has 0 aliphatic carbocycles. The Hall–Kier alpha value is -13.6. The van der Waals surface area contributed by atoms with E-state index in [1.165, 1.54) is 31.9 Å². The van der Waals surface area contributed by atoms with Crippen molar-refractivity contribution in [2.75, 3.05) is 93.4 Å². The van der Waals surface area contributed by atoms with Gasteiger partial charge in [0.2, 0.25) is 17.7 Å². The Morgan fingerprint density at radius 2 is 0.652 bits per heavy atom. The Morgan fingerprint density at radius 3 is 0.881 bits per heavy atom. The summed E-state index contributed by atoms with van der Waals surface area (Å²) in [5, 5.41) is -0.0846. The molecular formula is C93H81Cl3F12N18O9. The van der Waals surface area contributed by atoms with E-state index in [0.29, 0.717) is 88.7 Å². The predicted molar refractivity (Wildman–Crippen MR) is 482 cm³/mol. The monoisotopic (exact) mass is 1930 g/mol. The van der Waals surface area contributed by atoms with Crippen molar-refractivity contribution in [2.45, 2.75) is 117 Å². The quantitative estimate of drug-likeness (QED) is 0.0811. The van der Waals surface area contributed by atoms with E-state index in [0.717, 1.165) is 36.4 Å². The first-order chi connectivity index (χ1) is 64.0. The smallest absolute Gasteiger partial charge is 0.419 e. The number of hydrogen-bond donors (Lipinski definition) is 0. The van der Waals surface area contributed by atoms with Gasteiger partial charge in [0.15, 0.2) is 34.2 Å². The van der Waals surface area contributed by atoms with Gasteiger partial charge in [-0.1, -0.05) is 114 Å². The van der Waals surface area contributed by atoms with Crippen molar-refractivity contribution in [3.05, 3.63) is 244 Å². The molecule has 0 spiro atoms. The lowest BCUT2D eigenvalue weighted by Crippen LogP contribution is -2.56. The molecule has 3 atom stereocenters.